The second kappa shape index (κ2) is 13.7. The first-order chi connectivity index (χ1) is 19.2. The first-order valence-electron chi connectivity index (χ1n) is 13.3. The first-order valence-corrected chi connectivity index (χ1v) is 16.0. The van der Waals surface area contributed by atoms with Crippen LogP contribution in [0.1, 0.15) is 44.4 Å². The smallest absolute Gasteiger partial charge is 0.244 e. The fourth-order valence-electron chi connectivity index (χ4n) is 4.51. The van der Waals surface area contributed by atoms with Crippen LogP contribution in [-0.4, -0.2) is 49.5 Å². The van der Waals surface area contributed by atoms with Gasteiger partial charge in [-0.2, -0.15) is 0 Å². The van der Waals surface area contributed by atoms with Gasteiger partial charge >= 0.3 is 0 Å². The molecule has 7 nitrogen and oxygen atoms in total. The molecule has 0 fully saturated rings. The minimum atomic E-state index is -3.87. The molecule has 3 aromatic carbocycles. The van der Waals surface area contributed by atoms with E-state index in [4.69, 9.17) is 23.2 Å². The fourth-order valence-corrected chi connectivity index (χ4v) is 5.91. The Morgan fingerprint density at radius 2 is 1.49 bits per heavy atom. The first kappa shape index (κ1) is 32.4. The third-order valence-corrected chi connectivity index (χ3v) is 8.31. The number of halogens is 2. The van der Waals surface area contributed by atoms with Gasteiger partial charge in [-0.1, -0.05) is 84.7 Å². The van der Waals surface area contributed by atoms with Crippen LogP contribution in [0.4, 0.5) is 5.69 Å². The summed E-state index contributed by atoms with van der Waals surface area (Å²) < 4.78 is 27.2. The monoisotopic (exact) mass is 617 g/mol. The topological polar surface area (TPSA) is 86.8 Å². The molecule has 0 saturated heterocycles. The number of benzene rings is 3. The number of nitrogens with zero attached hydrogens (tertiary/aromatic N) is 2. The van der Waals surface area contributed by atoms with Gasteiger partial charge in [-0.15, -0.1) is 0 Å². The molecule has 220 valence electrons. The molecule has 0 bridgehead atoms. The lowest BCUT2D eigenvalue weighted by Crippen LogP contribution is -2.56. The number of carbonyl (C=O) groups excluding carboxylic acids is 2. The minimum absolute atomic E-state index is 0.0978. The summed E-state index contributed by atoms with van der Waals surface area (Å²) in [4.78, 5) is 29.5. The second-order valence-corrected chi connectivity index (χ2v) is 13.6. The van der Waals surface area contributed by atoms with Crippen LogP contribution in [0.3, 0.4) is 0 Å². The van der Waals surface area contributed by atoms with Crippen molar-refractivity contribution in [3.8, 4) is 0 Å². The summed E-state index contributed by atoms with van der Waals surface area (Å²) in [5, 5.41) is 3.66. The molecular weight excluding hydrogens is 581 g/mol. The molecule has 1 unspecified atom stereocenters. The van der Waals surface area contributed by atoms with Gasteiger partial charge in [0, 0.05) is 34.1 Å². The number of para-hydroxylation sites is 1. The number of rotatable bonds is 11. The zero-order chi connectivity index (χ0) is 30.4. The molecular formula is C31H37Cl2N3O4S. The van der Waals surface area contributed by atoms with Crippen LogP contribution < -0.4 is 9.62 Å². The molecule has 41 heavy (non-hydrogen) atoms. The van der Waals surface area contributed by atoms with E-state index in [1.165, 1.54) is 4.90 Å². The zero-order valence-electron chi connectivity index (χ0n) is 24.0. The van der Waals surface area contributed by atoms with Gasteiger partial charge in [0.1, 0.15) is 12.6 Å². The van der Waals surface area contributed by atoms with Crippen LogP contribution in [0, 0.1) is 0 Å². The summed E-state index contributed by atoms with van der Waals surface area (Å²) in [6.45, 7) is 6.88. The van der Waals surface area contributed by atoms with Crippen molar-refractivity contribution < 1.29 is 18.0 Å². The lowest BCUT2D eigenvalue weighted by atomic mass is 10.0. The highest BCUT2D eigenvalue weighted by atomic mass is 35.5. The molecule has 1 N–H and O–H groups in total. The molecule has 3 rings (SSSR count). The van der Waals surface area contributed by atoms with E-state index >= 15 is 0 Å². The summed E-state index contributed by atoms with van der Waals surface area (Å²) in [7, 11) is -3.87. The molecule has 0 aliphatic heterocycles. The standard InChI is InChI=1S/C31H37Cl2N3O4S/c1-6-23-15-10-11-18-27(23)36(41(5,39)40)21-29(37)35(20-24-25(32)16-12-17-26(24)33)28(30(38)34-31(2,3)4)19-22-13-8-7-9-14-22/h7-18,28H,6,19-21H2,1-5H3,(H,34,38). The Morgan fingerprint density at radius 1 is 0.902 bits per heavy atom. The van der Waals surface area contributed by atoms with Gasteiger partial charge in [0.25, 0.3) is 0 Å². The molecule has 0 spiro atoms. The Morgan fingerprint density at radius 3 is 2.05 bits per heavy atom. The lowest BCUT2D eigenvalue weighted by molar-refractivity contribution is -0.140. The van der Waals surface area contributed by atoms with Crippen molar-refractivity contribution >= 4 is 50.7 Å². The normalized spacial score (nSPS) is 12.5. The van der Waals surface area contributed by atoms with Crippen LogP contribution in [-0.2, 0) is 39.0 Å². The van der Waals surface area contributed by atoms with Gasteiger partial charge in [0.2, 0.25) is 21.8 Å². The number of carbonyl (C=O) groups is 2. The predicted molar refractivity (Wildman–Crippen MR) is 167 cm³/mol. The molecule has 0 aliphatic rings. The number of amides is 2. The van der Waals surface area contributed by atoms with Gasteiger partial charge < -0.3 is 10.2 Å². The van der Waals surface area contributed by atoms with Crippen molar-refractivity contribution in [1.82, 2.24) is 10.2 Å². The predicted octanol–water partition coefficient (Wildman–Crippen LogP) is 5.88. The number of sulfonamides is 1. The number of hydrogen-bond donors (Lipinski definition) is 1. The van der Waals surface area contributed by atoms with Gasteiger partial charge in [0.05, 0.1) is 11.9 Å². The summed E-state index contributed by atoms with van der Waals surface area (Å²) in [5.74, 6) is -0.944. The summed E-state index contributed by atoms with van der Waals surface area (Å²) in [6, 6.07) is 20.4. The van der Waals surface area contributed by atoms with E-state index in [2.05, 4.69) is 5.32 Å². The maximum atomic E-state index is 14.3. The quantitative estimate of drug-likeness (QED) is 0.291. The van der Waals surface area contributed by atoms with E-state index in [0.29, 0.717) is 27.7 Å². The van der Waals surface area contributed by atoms with Crippen molar-refractivity contribution in [3.63, 3.8) is 0 Å². The average Bonchev–Trinajstić information content (AvgIpc) is 2.89. The number of anilines is 1. The van der Waals surface area contributed by atoms with Gasteiger partial charge in [-0.25, -0.2) is 8.42 Å². The molecule has 2 amide bonds. The van der Waals surface area contributed by atoms with E-state index in [9.17, 15) is 18.0 Å². The van der Waals surface area contributed by atoms with Crippen LogP contribution in [0.5, 0.6) is 0 Å². The van der Waals surface area contributed by atoms with E-state index in [-0.39, 0.29) is 18.9 Å². The van der Waals surface area contributed by atoms with E-state index in [1.54, 1.807) is 30.3 Å². The maximum absolute atomic E-state index is 14.3. The SMILES string of the molecule is CCc1ccccc1N(CC(=O)N(Cc1c(Cl)cccc1Cl)C(Cc1ccccc1)C(=O)NC(C)(C)C)S(C)(=O)=O. The van der Waals surface area contributed by atoms with Crippen molar-refractivity contribution in [2.24, 2.45) is 0 Å². The highest BCUT2D eigenvalue weighted by Crippen LogP contribution is 2.29. The Hall–Kier alpha value is -3.07. The summed E-state index contributed by atoms with van der Waals surface area (Å²) in [5.41, 5.74) is 1.91. The van der Waals surface area contributed by atoms with Crippen molar-refractivity contribution in [2.45, 2.75) is 58.7 Å². The van der Waals surface area contributed by atoms with Crippen LogP contribution >= 0.6 is 23.2 Å². The maximum Gasteiger partial charge on any atom is 0.244 e. The Bertz CT molecular complexity index is 1450. The van der Waals surface area contributed by atoms with Crippen molar-refractivity contribution in [3.05, 3.63) is 99.5 Å². The third-order valence-electron chi connectivity index (χ3n) is 6.48. The molecule has 0 heterocycles. The van der Waals surface area contributed by atoms with E-state index < -0.39 is 34.1 Å². The Kier molecular flexibility index (Phi) is 10.9. The Labute approximate surface area is 253 Å². The second-order valence-electron chi connectivity index (χ2n) is 10.9. The highest BCUT2D eigenvalue weighted by molar-refractivity contribution is 7.92. The van der Waals surface area contributed by atoms with Gasteiger partial charge in [-0.3, -0.25) is 13.9 Å². The third kappa shape index (κ3) is 8.96. The Balaban J connectivity index is 2.14. The molecule has 0 aromatic heterocycles. The van der Waals surface area contributed by atoms with Gasteiger partial charge in [0.15, 0.2) is 0 Å². The zero-order valence-corrected chi connectivity index (χ0v) is 26.4. The molecule has 0 saturated carbocycles. The van der Waals surface area contributed by atoms with Crippen molar-refractivity contribution in [2.75, 3.05) is 17.1 Å². The molecule has 3 aromatic rings. The number of hydrogen-bond acceptors (Lipinski definition) is 4. The summed E-state index contributed by atoms with van der Waals surface area (Å²) >= 11 is 13.0. The largest absolute Gasteiger partial charge is 0.350 e. The summed E-state index contributed by atoms with van der Waals surface area (Å²) in [6.07, 6.45) is 1.83. The van der Waals surface area contributed by atoms with Crippen LogP contribution in [0.2, 0.25) is 10.0 Å². The number of nitrogens with one attached hydrogen (secondary N) is 1. The fraction of sp³-hybridized carbons (Fsp3) is 0.355. The molecule has 10 heteroatoms. The minimum Gasteiger partial charge on any atom is -0.350 e. The lowest BCUT2D eigenvalue weighted by Gasteiger charge is -2.35. The molecule has 1 atom stereocenters. The van der Waals surface area contributed by atoms with E-state index in [1.807, 2.05) is 70.2 Å². The van der Waals surface area contributed by atoms with Crippen LogP contribution in [0.15, 0.2) is 72.8 Å². The van der Waals surface area contributed by atoms with Gasteiger partial charge in [-0.05, 0) is 56.5 Å². The highest BCUT2D eigenvalue weighted by Gasteiger charge is 2.35. The van der Waals surface area contributed by atoms with Crippen LogP contribution in [0.25, 0.3) is 0 Å². The average molecular weight is 619 g/mol. The molecule has 0 radical (unpaired) electrons. The van der Waals surface area contributed by atoms with Crippen molar-refractivity contribution in [1.29, 1.82) is 0 Å². The van der Waals surface area contributed by atoms with E-state index in [0.717, 1.165) is 21.7 Å². The molecule has 0 aliphatic carbocycles. The number of aryl methyl sites for hydroxylation is 1.